The van der Waals surface area contributed by atoms with Crippen molar-refractivity contribution in [1.82, 2.24) is 9.80 Å². The molecule has 8 heteroatoms. The predicted molar refractivity (Wildman–Crippen MR) is 139 cm³/mol. The van der Waals surface area contributed by atoms with Crippen LogP contribution in [-0.4, -0.2) is 81.8 Å². The summed E-state index contributed by atoms with van der Waals surface area (Å²) < 4.78 is 16.5. The van der Waals surface area contributed by atoms with Crippen LogP contribution in [0.4, 0.5) is 5.69 Å². The van der Waals surface area contributed by atoms with Crippen molar-refractivity contribution in [2.45, 2.75) is 32.7 Å². The van der Waals surface area contributed by atoms with Gasteiger partial charge in [-0.3, -0.25) is 14.5 Å². The first-order valence-electron chi connectivity index (χ1n) is 12.8. The second kappa shape index (κ2) is 11.8. The van der Waals surface area contributed by atoms with Gasteiger partial charge in [-0.1, -0.05) is 19.1 Å². The van der Waals surface area contributed by atoms with Crippen LogP contribution in [-0.2, 0) is 4.74 Å². The number of hydrogen-bond donors (Lipinski definition) is 0. The number of imide groups is 1. The van der Waals surface area contributed by atoms with Gasteiger partial charge in [-0.15, -0.1) is 0 Å². The second-order valence-electron chi connectivity index (χ2n) is 9.07. The zero-order valence-corrected chi connectivity index (χ0v) is 21.8. The molecule has 2 aliphatic rings. The molecule has 2 amide bonds. The lowest BCUT2D eigenvalue weighted by Gasteiger charge is -2.36. The van der Waals surface area contributed by atoms with Crippen molar-refractivity contribution in [2.75, 3.05) is 65.1 Å². The van der Waals surface area contributed by atoms with Crippen molar-refractivity contribution < 1.29 is 23.8 Å². The van der Waals surface area contributed by atoms with Crippen molar-refractivity contribution >= 4 is 17.5 Å². The SMILES string of the molecule is CCOCCCC(c1ccc(OC)c(OC)c1)N1C(=O)c2cccc(N3CCN(CC)CC3)c2C1=O. The van der Waals surface area contributed by atoms with E-state index in [4.69, 9.17) is 14.2 Å². The Hall–Kier alpha value is -3.10. The minimum atomic E-state index is -0.442. The first kappa shape index (κ1) is 26.0. The van der Waals surface area contributed by atoms with Gasteiger partial charge in [0, 0.05) is 39.4 Å². The highest BCUT2D eigenvalue weighted by Crippen LogP contribution is 2.40. The summed E-state index contributed by atoms with van der Waals surface area (Å²) in [6, 6.07) is 10.8. The number of fused-ring (bicyclic) bond motifs is 1. The van der Waals surface area contributed by atoms with Crippen LogP contribution >= 0.6 is 0 Å². The highest BCUT2D eigenvalue weighted by Gasteiger charge is 2.43. The third-order valence-electron chi connectivity index (χ3n) is 7.16. The van der Waals surface area contributed by atoms with Crippen LogP contribution in [0, 0.1) is 0 Å². The van der Waals surface area contributed by atoms with Crippen LogP contribution in [0.1, 0.15) is 59.0 Å². The van der Waals surface area contributed by atoms with Crippen molar-refractivity contribution in [2.24, 2.45) is 0 Å². The van der Waals surface area contributed by atoms with Crippen molar-refractivity contribution in [3.05, 3.63) is 53.1 Å². The monoisotopic (exact) mass is 495 g/mol. The topological polar surface area (TPSA) is 71.6 Å². The van der Waals surface area contributed by atoms with Crippen LogP contribution in [0.2, 0.25) is 0 Å². The maximum Gasteiger partial charge on any atom is 0.264 e. The molecule has 1 atom stereocenters. The lowest BCUT2D eigenvalue weighted by molar-refractivity contribution is 0.0558. The number of anilines is 1. The van der Waals surface area contributed by atoms with E-state index in [0.29, 0.717) is 48.7 Å². The van der Waals surface area contributed by atoms with Crippen LogP contribution in [0.15, 0.2) is 36.4 Å². The Bertz CT molecular complexity index is 1080. The maximum atomic E-state index is 14.0. The smallest absolute Gasteiger partial charge is 0.264 e. The van der Waals surface area contributed by atoms with E-state index in [0.717, 1.165) is 44.0 Å². The molecular formula is C28H37N3O5. The Morgan fingerprint density at radius 3 is 2.33 bits per heavy atom. The van der Waals surface area contributed by atoms with E-state index in [2.05, 4.69) is 16.7 Å². The normalized spacial score (nSPS) is 16.9. The molecule has 0 aliphatic carbocycles. The molecule has 36 heavy (non-hydrogen) atoms. The molecule has 2 aromatic rings. The van der Waals surface area contributed by atoms with E-state index < -0.39 is 6.04 Å². The Labute approximate surface area is 213 Å². The first-order chi connectivity index (χ1) is 17.5. The third-order valence-corrected chi connectivity index (χ3v) is 7.16. The number of likely N-dealkylation sites (N-methyl/N-ethyl adjacent to an activating group) is 1. The fourth-order valence-corrected chi connectivity index (χ4v) is 5.17. The minimum absolute atomic E-state index is 0.236. The molecule has 1 unspecified atom stereocenters. The van der Waals surface area contributed by atoms with Crippen molar-refractivity contribution in [3.63, 3.8) is 0 Å². The predicted octanol–water partition coefficient (Wildman–Crippen LogP) is 4.00. The van der Waals surface area contributed by atoms with Crippen LogP contribution in [0.3, 0.4) is 0 Å². The number of hydrogen-bond acceptors (Lipinski definition) is 7. The fraction of sp³-hybridized carbons (Fsp3) is 0.500. The van der Waals surface area contributed by atoms with Gasteiger partial charge in [-0.05, 0) is 56.1 Å². The molecule has 0 bridgehead atoms. The fourth-order valence-electron chi connectivity index (χ4n) is 5.17. The van der Waals surface area contributed by atoms with E-state index >= 15 is 0 Å². The lowest BCUT2D eigenvalue weighted by atomic mass is 9.99. The largest absolute Gasteiger partial charge is 0.493 e. The molecule has 0 spiro atoms. The summed E-state index contributed by atoms with van der Waals surface area (Å²) in [5.74, 6) is 0.682. The Balaban J connectivity index is 1.68. The number of carbonyl (C=O) groups excluding carboxylic acids is 2. The average molecular weight is 496 g/mol. The van der Waals surface area contributed by atoms with Gasteiger partial charge in [-0.2, -0.15) is 0 Å². The Kier molecular flexibility index (Phi) is 8.48. The number of rotatable bonds is 11. The average Bonchev–Trinajstić information content (AvgIpc) is 3.18. The van der Waals surface area contributed by atoms with Crippen LogP contribution < -0.4 is 14.4 Å². The standard InChI is InChI=1S/C28H37N3O5/c1-5-29-14-16-30(17-15-29)23-10-7-9-21-26(23)28(33)31(27(21)32)22(11-8-18-36-6-2)20-12-13-24(34-3)25(19-20)35-4/h7,9-10,12-13,19,22H,5-6,8,11,14-18H2,1-4H3. The molecule has 2 aromatic carbocycles. The van der Waals surface area contributed by atoms with Gasteiger partial charge in [0.25, 0.3) is 11.8 Å². The summed E-state index contributed by atoms with van der Waals surface area (Å²) in [6.07, 6.45) is 1.30. The molecule has 2 heterocycles. The van der Waals surface area contributed by atoms with Gasteiger partial charge < -0.3 is 24.0 Å². The van der Waals surface area contributed by atoms with E-state index in [-0.39, 0.29) is 11.8 Å². The van der Waals surface area contributed by atoms with Gasteiger partial charge >= 0.3 is 0 Å². The van der Waals surface area contributed by atoms with Crippen LogP contribution in [0.5, 0.6) is 11.5 Å². The van der Waals surface area contributed by atoms with Gasteiger partial charge in [0.1, 0.15) is 0 Å². The summed E-state index contributed by atoms with van der Waals surface area (Å²) in [5.41, 5.74) is 2.68. The molecule has 0 saturated carbocycles. The van der Waals surface area contributed by atoms with E-state index in [1.54, 1.807) is 20.3 Å². The zero-order valence-electron chi connectivity index (χ0n) is 21.8. The molecular weight excluding hydrogens is 458 g/mol. The quantitative estimate of drug-likeness (QED) is 0.345. The number of carbonyl (C=O) groups is 2. The number of amides is 2. The summed E-state index contributed by atoms with van der Waals surface area (Å²) >= 11 is 0. The molecule has 2 aliphatic heterocycles. The van der Waals surface area contributed by atoms with Crippen molar-refractivity contribution in [3.8, 4) is 11.5 Å². The summed E-state index contributed by atoms with van der Waals surface area (Å²) in [5, 5.41) is 0. The van der Waals surface area contributed by atoms with Gasteiger partial charge in [0.2, 0.25) is 0 Å². The molecule has 4 rings (SSSR count). The number of ether oxygens (including phenoxy) is 3. The highest BCUT2D eigenvalue weighted by molar-refractivity contribution is 6.24. The van der Waals surface area contributed by atoms with E-state index in [1.165, 1.54) is 4.90 Å². The first-order valence-corrected chi connectivity index (χ1v) is 12.8. The van der Waals surface area contributed by atoms with Gasteiger partial charge in [0.15, 0.2) is 11.5 Å². The second-order valence-corrected chi connectivity index (χ2v) is 9.07. The number of methoxy groups -OCH3 is 2. The van der Waals surface area contributed by atoms with Gasteiger partial charge in [0.05, 0.1) is 37.1 Å². The minimum Gasteiger partial charge on any atom is -0.493 e. The molecule has 0 radical (unpaired) electrons. The number of nitrogens with zero attached hydrogens (tertiary/aromatic N) is 3. The van der Waals surface area contributed by atoms with Gasteiger partial charge in [-0.25, -0.2) is 0 Å². The Morgan fingerprint density at radius 2 is 1.67 bits per heavy atom. The molecule has 194 valence electrons. The van der Waals surface area contributed by atoms with Crippen LogP contribution in [0.25, 0.3) is 0 Å². The summed E-state index contributed by atoms with van der Waals surface area (Å²) in [7, 11) is 3.17. The molecule has 0 aromatic heterocycles. The molecule has 0 N–H and O–H groups in total. The van der Waals surface area contributed by atoms with Crippen molar-refractivity contribution in [1.29, 1.82) is 0 Å². The molecule has 1 saturated heterocycles. The number of benzene rings is 2. The summed E-state index contributed by atoms with van der Waals surface area (Å²) in [6.45, 7) is 9.88. The third kappa shape index (κ3) is 5.06. The Morgan fingerprint density at radius 1 is 0.917 bits per heavy atom. The highest BCUT2D eigenvalue weighted by atomic mass is 16.5. The number of piperazine rings is 1. The summed E-state index contributed by atoms with van der Waals surface area (Å²) in [4.78, 5) is 33.7. The molecule has 1 fully saturated rings. The van der Waals surface area contributed by atoms with E-state index in [1.807, 2.05) is 37.3 Å². The zero-order chi connectivity index (χ0) is 25.7. The van der Waals surface area contributed by atoms with E-state index in [9.17, 15) is 9.59 Å². The lowest BCUT2D eigenvalue weighted by Crippen LogP contribution is -2.46. The molecule has 8 nitrogen and oxygen atoms in total. The maximum absolute atomic E-state index is 14.0.